The Morgan fingerprint density at radius 3 is 2.43 bits per heavy atom. The van der Waals surface area contributed by atoms with E-state index in [1.807, 2.05) is 30.9 Å². The number of anilines is 1. The van der Waals surface area contributed by atoms with Crippen LogP contribution in [-0.2, 0) is 10.2 Å². The van der Waals surface area contributed by atoms with Crippen molar-refractivity contribution in [2.24, 2.45) is 4.40 Å². The van der Waals surface area contributed by atoms with Gasteiger partial charge in [0, 0.05) is 51.5 Å². The smallest absolute Gasteiger partial charge is 0.414 e. The zero-order valence-corrected chi connectivity index (χ0v) is 14.7. The van der Waals surface area contributed by atoms with Crippen molar-refractivity contribution in [2.75, 3.05) is 46.2 Å². The van der Waals surface area contributed by atoms with Crippen LogP contribution < -0.4 is 14.6 Å². The lowest BCUT2D eigenvalue weighted by Crippen LogP contribution is -2.52. The first kappa shape index (κ1) is 17.6. The zero-order chi connectivity index (χ0) is 17.2. The van der Waals surface area contributed by atoms with E-state index < -0.39 is 16.2 Å². The minimum absolute atomic E-state index is 0.150. The van der Waals surface area contributed by atoms with E-state index in [4.69, 9.17) is 0 Å². The number of rotatable bonds is 4. The molecule has 1 aliphatic rings. The van der Waals surface area contributed by atoms with Gasteiger partial charge in [-0.3, -0.25) is 0 Å². The summed E-state index contributed by atoms with van der Waals surface area (Å²) in [5, 5.41) is 12.1. The molecule has 1 saturated heterocycles. The summed E-state index contributed by atoms with van der Waals surface area (Å²) in [6.07, 6.45) is 3.74. The number of hydrogen-bond donors (Lipinski definition) is 0. The summed E-state index contributed by atoms with van der Waals surface area (Å²) in [4.78, 5) is 3.93. The van der Waals surface area contributed by atoms with Crippen molar-refractivity contribution in [3.8, 4) is 0 Å². The number of hydrogen-bond acceptors (Lipinski definition) is 5. The Labute approximate surface area is 137 Å². The number of likely N-dealkylation sites (tertiary alicyclic amines) is 1. The van der Waals surface area contributed by atoms with E-state index >= 15 is 0 Å². The topological polar surface area (TPSA) is 83.2 Å². The molecule has 0 saturated carbocycles. The summed E-state index contributed by atoms with van der Waals surface area (Å²) in [7, 11) is 3.17. The molecule has 1 unspecified atom stereocenters. The molecule has 8 nitrogen and oxygen atoms in total. The molecule has 0 radical (unpaired) electrons. The van der Waals surface area contributed by atoms with Gasteiger partial charge in [0.1, 0.15) is 0 Å². The first-order valence-electron chi connectivity index (χ1n) is 7.33. The molecule has 2 heterocycles. The van der Waals surface area contributed by atoms with Gasteiger partial charge in [-0.1, -0.05) is 0 Å². The maximum Gasteiger partial charge on any atom is 0.414 e. The highest BCUT2D eigenvalue weighted by Gasteiger charge is 2.33. The largest absolute Gasteiger partial charge is 0.806 e. The van der Waals surface area contributed by atoms with Gasteiger partial charge in [-0.2, -0.15) is 12.7 Å². The van der Waals surface area contributed by atoms with Crippen molar-refractivity contribution in [1.29, 1.82) is 0 Å². The highest BCUT2D eigenvalue weighted by atomic mass is 32.2. The molecule has 9 heteroatoms. The average Bonchev–Trinajstić information content (AvgIpc) is 2.92. The van der Waals surface area contributed by atoms with E-state index in [1.54, 1.807) is 12.1 Å². The quantitative estimate of drug-likeness (QED) is 0.378. The Hall–Kier alpha value is -1.71. The van der Waals surface area contributed by atoms with Crippen molar-refractivity contribution in [3.05, 3.63) is 24.5 Å². The van der Waals surface area contributed by atoms with Gasteiger partial charge in [0.15, 0.2) is 0 Å². The summed E-state index contributed by atoms with van der Waals surface area (Å²) < 4.78 is 30.3. The third-order valence-corrected chi connectivity index (χ3v) is 5.40. The molecule has 0 spiro atoms. The van der Waals surface area contributed by atoms with Gasteiger partial charge < -0.3 is 14.9 Å². The van der Waals surface area contributed by atoms with Gasteiger partial charge in [-0.15, -0.1) is 0 Å². The number of nitrogens with zero attached hydrogens (tertiary/aromatic N) is 5. The molecule has 0 aromatic carbocycles. The van der Waals surface area contributed by atoms with Crippen LogP contribution in [0.5, 0.6) is 0 Å². The molecule has 1 aliphatic heterocycles. The molecule has 23 heavy (non-hydrogen) atoms. The fourth-order valence-corrected chi connectivity index (χ4v) is 3.42. The predicted octanol–water partition coefficient (Wildman–Crippen LogP) is -1.51. The van der Waals surface area contributed by atoms with Gasteiger partial charge in [0.05, 0.1) is 16.8 Å². The van der Waals surface area contributed by atoms with Crippen LogP contribution in [0.3, 0.4) is 0 Å². The molecule has 1 fully saturated rings. The van der Waals surface area contributed by atoms with Crippen LogP contribution in [-0.4, -0.2) is 71.0 Å². The van der Waals surface area contributed by atoms with Crippen molar-refractivity contribution in [1.82, 2.24) is 9.21 Å². The summed E-state index contributed by atoms with van der Waals surface area (Å²) >= 11 is 0. The van der Waals surface area contributed by atoms with Gasteiger partial charge >= 0.3 is 10.2 Å². The second-order valence-corrected chi connectivity index (χ2v) is 7.58. The van der Waals surface area contributed by atoms with Crippen molar-refractivity contribution < 1.29 is 18.1 Å². The van der Waals surface area contributed by atoms with Gasteiger partial charge in [-0.05, 0) is 20.0 Å². The SMILES string of the molecule is CN1CCC(N(C)S(=O)(=O)/N=C(\[O-])[n+]2ccc(N(C)C)cc2)C1. The van der Waals surface area contributed by atoms with Crippen LogP contribution in [0.25, 0.3) is 0 Å². The molecule has 0 amide bonds. The summed E-state index contributed by atoms with van der Waals surface area (Å²) in [5.41, 5.74) is 0.906. The molecule has 128 valence electrons. The van der Waals surface area contributed by atoms with E-state index in [2.05, 4.69) is 4.40 Å². The standard InChI is InChI=1S/C14H23N5O3S/c1-16(2)12-6-9-19(10-7-12)14(20)15-23(21,22)18(4)13-5-8-17(3)11-13/h6-7,9-10,13H,5,8,11H2,1-4H3. The minimum Gasteiger partial charge on any atom is -0.806 e. The Balaban J connectivity index is 2.17. The molecule has 1 aromatic rings. The predicted molar refractivity (Wildman–Crippen MR) is 86.4 cm³/mol. The number of likely N-dealkylation sites (N-methyl/N-ethyl adjacent to an activating group) is 2. The van der Waals surface area contributed by atoms with E-state index in [0.717, 1.165) is 23.2 Å². The van der Waals surface area contributed by atoms with Gasteiger partial charge in [0.25, 0.3) is 6.02 Å². The van der Waals surface area contributed by atoms with Crippen LogP contribution in [0.2, 0.25) is 0 Å². The first-order chi connectivity index (χ1) is 10.7. The van der Waals surface area contributed by atoms with Crippen LogP contribution in [0.1, 0.15) is 6.42 Å². The van der Waals surface area contributed by atoms with Crippen molar-refractivity contribution in [3.63, 3.8) is 0 Å². The molecule has 0 N–H and O–H groups in total. The van der Waals surface area contributed by atoms with E-state index in [0.29, 0.717) is 6.54 Å². The van der Waals surface area contributed by atoms with Crippen molar-refractivity contribution in [2.45, 2.75) is 12.5 Å². The van der Waals surface area contributed by atoms with Crippen LogP contribution in [0, 0.1) is 0 Å². The summed E-state index contributed by atoms with van der Waals surface area (Å²) in [5.74, 6) is 0. The molecule has 0 aliphatic carbocycles. The summed E-state index contributed by atoms with van der Waals surface area (Å²) in [6, 6.07) is 2.46. The highest BCUT2D eigenvalue weighted by Crippen LogP contribution is 2.16. The third-order valence-electron chi connectivity index (χ3n) is 3.99. The monoisotopic (exact) mass is 341 g/mol. The maximum absolute atomic E-state index is 12.3. The average molecular weight is 341 g/mol. The second-order valence-electron chi connectivity index (χ2n) is 5.93. The molecule has 0 bridgehead atoms. The Morgan fingerprint density at radius 2 is 1.96 bits per heavy atom. The van der Waals surface area contributed by atoms with Crippen molar-refractivity contribution >= 4 is 21.9 Å². The lowest BCUT2D eigenvalue weighted by atomic mass is 10.3. The van der Waals surface area contributed by atoms with Crippen LogP contribution in [0.4, 0.5) is 5.69 Å². The van der Waals surface area contributed by atoms with Crippen LogP contribution in [0.15, 0.2) is 28.9 Å². The van der Waals surface area contributed by atoms with Crippen LogP contribution >= 0.6 is 0 Å². The summed E-state index contributed by atoms with van der Waals surface area (Å²) in [6.45, 7) is 1.48. The molecular weight excluding hydrogens is 318 g/mol. The third kappa shape index (κ3) is 4.18. The fraction of sp³-hybridized carbons (Fsp3) is 0.571. The van der Waals surface area contributed by atoms with Gasteiger partial charge in [-0.25, -0.2) is 4.57 Å². The molecule has 2 rings (SSSR count). The molecule has 1 atom stereocenters. The Bertz CT molecular complexity index is 672. The lowest BCUT2D eigenvalue weighted by molar-refractivity contribution is -0.613. The lowest BCUT2D eigenvalue weighted by Gasteiger charge is -2.19. The number of aromatic nitrogens is 1. The maximum atomic E-state index is 12.3. The van der Waals surface area contributed by atoms with E-state index in [9.17, 15) is 13.5 Å². The Kier molecular flexibility index (Phi) is 5.23. The van der Waals surface area contributed by atoms with Gasteiger partial charge in [0.2, 0.25) is 0 Å². The Morgan fingerprint density at radius 1 is 1.35 bits per heavy atom. The second kappa shape index (κ2) is 6.81. The minimum atomic E-state index is -3.99. The highest BCUT2D eigenvalue weighted by molar-refractivity contribution is 7.87. The fourth-order valence-electron chi connectivity index (χ4n) is 2.45. The first-order valence-corrected chi connectivity index (χ1v) is 8.73. The molecule has 1 aromatic heterocycles. The molecular formula is C14H23N5O3S. The van der Waals surface area contributed by atoms with E-state index in [-0.39, 0.29) is 6.04 Å². The zero-order valence-electron chi connectivity index (χ0n) is 13.9. The number of pyridine rings is 1. The van der Waals surface area contributed by atoms with E-state index in [1.165, 1.54) is 23.7 Å². The normalized spacial score (nSPS) is 20.2.